The first-order valence-electron chi connectivity index (χ1n) is 19.5. The van der Waals surface area contributed by atoms with E-state index in [0.29, 0.717) is 44.9 Å². The Bertz CT molecular complexity index is 2730. The van der Waals surface area contributed by atoms with Gasteiger partial charge in [0.15, 0.2) is 12.6 Å². The second kappa shape index (κ2) is 20.5. The normalized spacial score (nSPS) is 19.1. The van der Waals surface area contributed by atoms with Crippen molar-refractivity contribution >= 4 is 76.3 Å². The zero-order valence-electron chi connectivity index (χ0n) is 34.1. The lowest BCUT2D eigenvalue weighted by Crippen LogP contribution is -2.43. The number of hydrogen-bond acceptors (Lipinski definition) is 12. The number of carbonyl (C=O) groups is 3. The molecule has 0 aliphatic carbocycles. The Kier molecular flexibility index (Phi) is 14.6. The Morgan fingerprint density at radius 3 is 1.56 bits per heavy atom. The lowest BCUT2D eigenvalue weighted by molar-refractivity contribution is 0.0666. The fraction of sp³-hybridized carbons (Fsp3) is 0.111. The highest BCUT2D eigenvalue weighted by molar-refractivity contribution is 6.26. The van der Waals surface area contributed by atoms with E-state index in [4.69, 9.17) is 66.6 Å². The summed E-state index contributed by atoms with van der Waals surface area (Å²) in [5.74, 6) is -2.81. The zero-order chi connectivity index (χ0) is 47.1. The summed E-state index contributed by atoms with van der Waals surface area (Å²) in [5.41, 5.74) is 20.5. The molecule has 0 aromatic heterocycles. The quantitative estimate of drug-likeness (QED) is 0.0719. The van der Waals surface area contributed by atoms with Crippen LogP contribution in [-0.2, 0) is 19.4 Å². The van der Waals surface area contributed by atoms with E-state index in [0.717, 1.165) is 0 Å². The number of hydrogen-bond donors (Lipinski definition) is 3. The number of halogens is 6. The van der Waals surface area contributed by atoms with E-state index in [-0.39, 0.29) is 30.7 Å². The number of alkyl halides is 1. The maximum absolute atomic E-state index is 13.2. The zero-order valence-corrected chi connectivity index (χ0v) is 36.4. The summed E-state index contributed by atoms with van der Waals surface area (Å²) in [5, 5.41) is 7.13. The Labute approximate surface area is 390 Å². The smallest absolute Gasteiger partial charge is 0.263 e. The van der Waals surface area contributed by atoms with Crippen LogP contribution in [0.2, 0.25) is 0 Å². The first kappa shape index (κ1) is 47.1. The maximum Gasteiger partial charge on any atom is 0.263 e. The standard InChI is InChI=1S/C15H12Cl2FN3O2.C15H13ClFN3O2.C15H12FN3O2/c16-15(13-4-2-1-3-12(13)14(19)22)21(20(17)9-23-15)11-7-5-10(18)6-8-11;16-19-9-22-15(13-4-2-1-3-12(13)14(18)21)20(19)11-7-5-10(17)6-8-11;16-10-5-7-11(8-6-10)19-15(21-9-18-19)13-4-2-1-3-12(13)14(17)20/h1-8H,9H2,(H2,19,22);1-8,15H,9H2,(H2,18,21);1-9,15H,(H2,17,20). The van der Waals surface area contributed by atoms with Crippen LogP contribution in [0.25, 0.3) is 0 Å². The van der Waals surface area contributed by atoms with Gasteiger partial charge in [-0.05, 0) is 91.0 Å². The van der Waals surface area contributed by atoms with Crippen molar-refractivity contribution in [3.63, 3.8) is 0 Å². The summed E-state index contributed by atoms with van der Waals surface area (Å²) in [4.78, 5) is 34.8. The van der Waals surface area contributed by atoms with Gasteiger partial charge in [0.2, 0.25) is 23.9 Å². The van der Waals surface area contributed by atoms with E-state index in [1.165, 1.54) is 69.0 Å². The van der Waals surface area contributed by atoms with Crippen LogP contribution in [0.4, 0.5) is 30.2 Å². The van der Waals surface area contributed by atoms with Crippen LogP contribution >= 0.6 is 35.2 Å². The molecule has 0 saturated carbocycles. The van der Waals surface area contributed by atoms with E-state index in [2.05, 4.69) is 5.10 Å². The third-order valence-electron chi connectivity index (χ3n) is 9.99. The summed E-state index contributed by atoms with van der Waals surface area (Å²) in [7, 11) is 0. The second-order valence-electron chi connectivity index (χ2n) is 14.1. The number of amides is 3. The van der Waals surface area contributed by atoms with Gasteiger partial charge in [0.25, 0.3) is 5.18 Å². The van der Waals surface area contributed by atoms with Crippen LogP contribution in [0.3, 0.4) is 0 Å². The first-order chi connectivity index (χ1) is 31.7. The predicted molar refractivity (Wildman–Crippen MR) is 241 cm³/mol. The molecule has 3 unspecified atom stereocenters. The Morgan fingerprint density at radius 1 is 0.576 bits per heavy atom. The van der Waals surface area contributed by atoms with E-state index in [1.54, 1.807) is 107 Å². The SMILES string of the molecule is NC(=O)c1ccccc1C1(Cl)OCN(Cl)N1c1ccc(F)cc1.NC(=O)c1ccccc1C1OC=NN1c1ccc(F)cc1.NC(=O)c1ccccc1C1OCN(Cl)N1c1ccc(F)cc1. The summed E-state index contributed by atoms with van der Waals surface area (Å²) in [6.45, 7) is 0.0895. The summed E-state index contributed by atoms with van der Waals surface area (Å²) < 4.78 is 58.5. The number of carbonyl (C=O) groups excluding carboxylic acids is 3. The van der Waals surface area contributed by atoms with E-state index >= 15 is 0 Å². The summed E-state index contributed by atoms with van der Waals surface area (Å²) in [6, 6.07) is 37.5. The molecule has 15 nitrogen and oxygen atoms in total. The lowest BCUT2D eigenvalue weighted by Gasteiger charge is -2.34. The molecule has 3 aliphatic heterocycles. The minimum absolute atomic E-state index is 0.0322. The van der Waals surface area contributed by atoms with E-state index in [1.807, 2.05) is 0 Å². The average molecular weight is 963 g/mol. The largest absolute Gasteiger partial charge is 0.452 e. The highest BCUT2D eigenvalue weighted by atomic mass is 35.5. The van der Waals surface area contributed by atoms with E-state index in [9.17, 15) is 27.6 Å². The molecule has 3 aliphatic rings. The molecule has 6 aromatic carbocycles. The molecular formula is C45H37Cl3F3N9O6. The number of anilines is 3. The minimum atomic E-state index is -1.58. The number of nitrogens with zero attached hydrogens (tertiary/aromatic N) is 6. The molecule has 6 N–H and O–H groups in total. The molecule has 340 valence electrons. The van der Waals surface area contributed by atoms with Crippen molar-refractivity contribution in [1.29, 1.82) is 0 Å². The number of primary amides is 3. The van der Waals surface area contributed by atoms with Gasteiger partial charge in [0.1, 0.15) is 30.9 Å². The van der Waals surface area contributed by atoms with Crippen molar-refractivity contribution in [2.75, 3.05) is 28.5 Å². The number of nitrogens with two attached hydrogens (primary N) is 3. The fourth-order valence-electron chi connectivity index (χ4n) is 7.01. The topological polar surface area (TPSA) is 186 Å². The van der Waals surface area contributed by atoms with Crippen molar-refractivity contribution in [3.05, 3.63) is 196 Å². The average Bonchev–Trinajstić information content (AvgIpc) is 4.05. The summed E-state index contributed by atoms with van der Waals surface area (Å²) >= 11 is 19.0. The molecule has 2 fully saturated rings. The first-order valence-corrected chi connectivity index (χ1v) is 20.5. The van der Waals surface area contributed by atoms with Gasteiger partial charge >= 0.3 is 0 Å². The van der Waals surface area contributed by atoms with Gasteiger partial charge in [-0.1, -0.05) is 66.2 Å². The van der Waals surface area contributed by atoms with Gasteiger partial charge in [0, 0.05) is 56.9 Å². The molecule has 3 atom stereocenters. The number of rotatable bonds is 9. The predicted octanol–water partition coefficient (Wildman–Crippen LogP) is 8.33. The van der Waals surface area contributed by atoms with Gasteiger partial charge in [0.05, 0.1) is 17.1 Å². The van der Waals surface area contributed by atoms with Crippen molar-refractivity contribution in [1.82, 2.24) is 9.06 Å². The Hall–Kier alpha value is -6.90. The number of hydrazone groups is 1. The monoisotopic (exact) mass is 961 g/mol. The molecule has 0 radical (unpaired) electrons. The Balaban J connectivity index is 0.000000147. The highest BCUT2D eigenvalue weighted by Crippen LogP contribution is 2.45. The van der Waals surface area contributed by atoms with Crippen molar-refractivity contribution in [3.8, 4) is 0 Å². The van der Waals surface area contributed by atoms with Crippen LogP contribution in [-0.4, -0.2) is 46.6 Å². The molecule has 21 heteroatoms. The van der Waals surface area contributed by atoms with Crippen LogP contribution in [0.15, 0.2) is 151 Å². The third kappa shape index (κ3) is 10.1. The molecule has 3 amide bonds. The highest BCUT2D eigenvalue weighted by Gasteiger charge is 2.49. The van der Waals surface area contributed by atoms with Crippen molar-refractivity contribution in [2.24, 2.45) is 22.3 Å². The Morgan fingerprint density at radius 2 is 1.03 bits per heavy atom. The molecule has 9 rings (SSSR count). The maximum atomic E-state index is 13.2. The number of hydrazine groups is 2. The van der Waals surface area contributed by atoms with Gasteiger partial charge in [-0.25, -0.2) is 23.2 Å². The summed E-state index contributed by atoms with van der Waals surface area (Å²) in [6.07, 6.45) is 0.0528. The van der Waals surface area contributed by atoms with Crippen LogP contribution < -0.4 is 32.2 Å². The molecule has 0 bridgehead atoms. The fourth-order valence-corrected chi connectivity index (χ4v) is 7.92. The van der Waals surface area contributed by atoms with Crippen LogP contribution in [0, 0.1) is 17.5 Å². The molecule has 3 heterocycles. The molecule has 2 saturated heterocycles. The van der Waals surface area contributed by atoms with Gasteiger partial charge in [-0.3, -0.25) is 19.4 Å². The van der Waals surface area contributed by atoms with Gasteiger partial charge in [-0.15, -0.1) is 14.2 Å². The number of benzene rings is 6. The van der Waals surface area contributed by atoms with E-state index < -0.39 is 41.2 Å². The molecule has 66 heavy (non-hydrogen) atoms. The van der Waals surface area contributed by atoms with Crippen LogP contribution in [0.1, 0.15) is 60.2 Å². The van der Waals surface area contributed by atoms with Crippen molar-refractivity contribution < 1.29 is 41.8 Å². The van der Waals surface area contributed by atoms with Gasteiger partial charge < -0.3 is 31.4 Å². The molecule has 6 aromatic rings. The molecular weight excluding hydrogens is 926 g/mol. The lowest BCUT2D eigenvalue weighted by atomic mass is 10.0. The van der Waals surface area contributed by atoms with Gasteiger partial charge in [-0.2, -0.15) is 0 Å². The van der Waals surface area contributed by atoms with Crippen LogP contribution in [0.5, 0.6) is 0 Å². The number of ether oxygens (including phenoxy) is 3. The third-order valence-corrected chi connectivity index (χ3v) is 11.0. The second-order valence-corrected chi connectivity index (χ2v) is 15.4. The minimum Gasteiger partial charge on any atom is -0.452 e. The molecule has 0 spiro atoms. The van der Waals surface area contributed by atoms with Crippen molar-refractivity contribution in [2.45, 2.75) is 17.6 Å².